The van der Waals surface area contributed by atoms with Gasteiger partial charge in [-0.05, 0) is 16.4 Å². The normalized spacial score (nSPS) is 22.8. The molecule has 1 aliphatic rings. The average Bonchev–Trinajstić information content (AvgIpc) is 2.03. The fourth-order valence-corrected chi connectivity index (χ4v) is 2.30. The Balaban J connectivity index is 2.47. The fourth-order valence-electron chi connectivity index (χ4n) is 1.41. The molecule has 0 atom stereocenters. The highest BCUT2D eigenvalue weighted by atomic mass is 32.2. The van der Waals surface area contributed by atoms with Crippen molar-refractivity contribution in [2.75, 3.05) is 39.0 Å². The Bertz CT molecular complexity index is 226. The van der Waals surface area contributed by atoms with Crippen molar-refractivity contribution < 1.29 is 0 Å². The van der Waals surface area contributed by atoms with Crippen LogP contribution in [-0.2, 0) is 9.81 Å². The molecule has 0 unspecified atom stereocenters. The molecule has 0 saturated carbocycles. The van der Waals surface area contributed by atoms with Crippen LogP contribution in [0.2, 0.25) is 0 Å². The maximum atomic E-state index is 7.61. The third kappa shape index (κ3) is 2.43. The second-order valence-corrected chi connectivity index (χ2v) is 5.51. The molecule has 1 rings (SSSR count). The van der Waals surface area contributed by atoms with Gasteiger partial charge in [-0.25, -0.2) is 4.31 Å². The molecule has 1 aliphatic heterocycles. The predicted octanol–water partition coefficient (Wildman–Crippen LogP) is 0.847. The molecule has 0 bridgehead atoms. The number of nitrogens with zero attached hydrogens (tertiary/aromatic N) is 2. The van der Waals surface area contributed by atoms with Crippen molar-refractivity contribution >= 4 is 9.81 Å². The average molecular weight is 190 g/mol. The van der Waals surface area contributed by atoms with Gasteiger partial charge in [-0.3, -0.25) is 9.56 Å². The summed E-state index contributed by atoms with van der Waals surface area (Å²) in [7, 11) is -1.95. The quantitative estimate of drug-likeness (QED) is 0.678. The molecule has 12 heavy (non-hydrogen) atoms. The molecule has 0 spiro atoms. The molecule has 1 heterocycles. The fraction of sp³-hybridized carbons (Fsp3) is 1.00. The number of hydrogen-bond acceptors (Lipinski definition) is 3. The van der Waals surface area contributed by atoms with Crippen molar-refractivity contribution in [1.29, 1.82) is 9.56 Å². The Morgan fingerprint density at radius 3 is 2.00 bits per heavy atom. The number of piperazine rings is 1. The Morgan fingerprint density at radius 2 is 1.67 bits per heavy atom. The van der Waals surface area contributed by atoms with Gasteiger partial charge in [-0.15, -0.1) is 0 Å². The predicted molar refractivity (Wildman–Crippen MR) is 52.4 cm³/mol. The van der Waals surface area contributed by atoms with Crippen LogP contribution in [0, 0.1) is 9.56 Å². The van der Waals surface area contributed by atoms with E-state index >= 15 is 0 Å². The molecule has 1 saturated heterocycles. The summed E-state index contributed by atoms with van der Waals surface area (Å²) in [6.45, 7) is 7.09. The molecule has 72 valence electrons. The highest BCUT2D eigenvalue weighted by Gasteiger charge is 2.17. The lowest BCUT2D eigenvalue weighted by molar-refractivity contribution is 0.202. The van der Waals surface area contributed by atoms with Crippen LogP contribution in [0.3, 0.4) is 0 Å². The van der Waals surface area contributed by atoms with Crippen LogP contribution in [0.4, 0.5) is 0 Å². The van der Waals surface area contributed by atoms with E-state index in [0.29, 0.717) is 0 Å². The first-order valence-electron chi connectivity index (χ1n) is 4.29. The molecule has 5 heteroatoms. The van der Waals surface area contributed by atoms with Gasteiger partial charge in [0, 0.05) is 32.4 Å². The van der Waals surface area contributed by atoms with Gasteiger partial charge in [0.1, 0.15) is 0 Å². The molecule has 2 N–H and O–H groups in total. The van der Waals surface area contributed by atoms with Gasteiger partial charge in [-0.2, -0.15) is 0 Å². The first kappa shape index (κ1) is 9.95. The summed E-state index contributed by atoms with van der Waals surface area (Å²) in [6.07, 6.45) is 1.72. The first-order valence-corrected chi connectivity index (χ1v) is 6.29. The lowest BCUT2D eigenvalue weighted by Gasteiger charge is -2.34. The third-order valence-corrected chi connectivity index (χ3v) is 3.69. The van der Waals surface area contributed by atoms with E-state index < -0.39 is 9.81 Å². The highest BCUT2D eigenvalue weighted by Crippen LogP contribution is 2.06. The van der Waals surface area contributed by atoms with Crippen molar-refractivity contribution in [1.82, 2.24) is 9.21 Å². The Labute approximate surface area is 75.1 Å². The second kappa shape index (κ2) is 3.72. The van der Waals surface area contributed by atoms with Crippen LogP contribution in [0.5, 0.6) is 0 Å². The van der Waals surface area contributed by atoms with Crippen molar-refractivity contribution in [3.63, 3.8) is 0 Å². The van der Waals surface area contributed by atoms with Gasteiger partial charge in [0.25, 0.3) is 0 Å². The standard InChI is InChI=1S/C7H18N4S/c1-3-10-4-6-11(7-5-10)12(2,8)9/h8-9H,3-7H2,1-2H3. The van der Waals surface area contributed by atoms with Crippen LogP contribution >= 0.6 is 0 Å². The van der Waals surface area contributed by atoms with Gasteiger partial charge >= 0.3 is 0 Å². The minimum Gasteiger partial charge on any atom is -0.301 e. The van der Waals surface area contributed by atoms with Crippen molar-refractivity contribution in [2.24, 2.45) is 0 Å². The lowest BCUT2D eigenvalue weighted by atomic mass is 10.4. The minimum absolute atomic E-state index is 0.896. The summed E-state index contributed by atoms with van der Waals surface area (Å²) < 4.78 is 17.2. The number of hydrogen-bond donors (Lipinski definition) is 2. The van der Waals surface area contributed by atoms with Gasteiger partial charge in [-0.1, -0.05) is 6.92 Å². The topological polar surface area (TPSA) is 54.2 Å². The van der Waals surface area contributed by atoms with E-state index in [4.69, 9.17) is 9.56 Å². The maximum absolute atomic E-state index is 7.61. The SMILES string of the molecule is CCN1CCN(S(C)(=N)=N)CC1. The highest BCUT2D eigenvalue weighted by molar-refractivity contribution is 7.90. The monoisotopic (exact) mass is 190 g/mol. The zero-order valence-corrected chi connectivity index (χ0v) is 8.65. The van der Waals surface area contributed by atoms with E-state index in [9.17, 15) is 0 Å². The summed E-state index contributed by atoms with van der Waals surface area (Å²) in [5.74, 6) is 0. The van der Waals surface area contributed by atoms with Crippen LogP contribution < -0.4 is 0 Å². The number of nitrogens with one attached hydrogen (secondary N) is 2. The molecule has 0 amide bonds. The van der Waals surface area contributed by atoms with Crippen LogP contribution in [0.15, 0.2) is 0 Å². The molecule has 4 nitrogen and oxygen atoms in total. The van der Waals surface area contributed by atoms with Crippen molar-refractivity contribution in [3.8, 4) is 0 Å². The molecule has 0 radical (unpaired) electrons. The zero-order chi connectivity index (χ0) is 9.19. The Morgan fingerprint density at radius 1 is 1.17 bits per heavy atom. The molecule has 0 aromatic rings. The summed E-state index contributed by atoms with van der Waals surface area (Å²) in [5, 5.41) is 0. The van der Waals surface area contributed by atoms with E-state index in [1.807, 2.05) is 4.31 Å². The molecule has 1 fully saturated rings. The molecule has 0 aliphatic carbocycles. The minimum atomic E-state index is -1.95. The molecule has 0 aromatic carbocycles. The van der Waals surface area contributed by atoms with E-state index in [1.54, 1.807) is 6.26 Å². The summed E-state index contributed by atoms with van der Waals surface area (Å²) >= 11 is 0. The third-order valence-electron chi connectivity index (χ3n) is 2.29. The van der Waals surface area contributed by atoms with Gasteiger partial charge in [0.2, 0.25) is 0 Å². The van der Waals surface area contributed by atoms with Gasteiger partial charge in [0.15, 0.2) is 0 Å². The Hall–Kier alpha value is -0.130. The Kier molecular flexibility index (Phi) is 3.09. The smallest absolute Gasteiger partial charge is 0.0234 e. The van der Waals surface area contributed by atoms with Crippen LogP contribution in [0.25, 0.3) is 0 Å². The van der Waals surface area contributed by atoms with Crippen LogP contribution in [0.1, 0.15) is 6.92 Å². The number of rotatable bonds is 2. The van der Waals surface area contributed by atoms with Crippen molar-refractivity contribution in [2.45, 2.75) is 6.92 Å². The summed E-state index contributed by atoms with van der Waals surface area (Å²) in [5.41, 5.74) is 0. The second-order valence-electron chi connectivity index (χ2n) is 3.24. The largest absolute Gasteiger partial charge is 0.301 e. The number of likely N-dealkylation sites (N-methyl/N-ethyl adjacent to an activating group) is 1. The maximum Gasteiger partial charge on any atom is 0.0234 e. The zero-order valence-electron chi connectivity index (χ0n) is 7.84. The first-order chi connectivity index (χ1) is 5.54. The molecular formula is C7H18N4S. The van der Waals surface area contributed by atoms with E-state index in [0.717, 1.165) is 32.7 Å². The lowest BCUT2D eigenvalue weighted by Crippen LogP contribution is -2.47. The molecular weight excluding hydrogens is 172 g/mol. The van der Waals surface area contributed by atoms with E-state index in [1.165, 1.54) is 0 Å². The van der Waals surface area contributed by atoms with Gasteiger partial charge in [0.05, 0.1) is 0 Å². The summed E-state index contributed by atoms with van der Waals surface area (Å²) in [6, 6.07) is 0. The van der Waals surface area contributed by atoms with E-state index in [-0.39, 0.29) is 0 Å². The molecule has 0 aromatic heterocycles. The van der Waals surface area contributed by atoms with E-state index in [2.05, 4.69) is 11.8 Å². The van der Waals surface area contributed by atoms with Crippen molar-refractivity contribution in [3.05, 3.63) is 0 Å². The van der Waals surface area contributed by atoms with Crippen LogP contribution in [-0.4, -0.2) is 48.2 Å². The summed E-state index contributed by atoms with van der Waals surface area (Å²) in [4.78, 5) is 2.36. The van der Waals surface area contributed by atoms with Gasteiger partial charge < -0.3 is 4.90 Å².